The maximum Gasteiger partial charge on any atom is 0.417 e. The Balaban J connectivity index is 1.71. The zero-order chi connectivity index (χ0) is 22.9. The van der Waals surface area contributed by atoms with Crippen LogP contribution in [-0.2, 0) is 6.18 Å². The van der Waals surface area contributed by atoms with E-state index in [9.17, 15) is 13.2 Å². The summed E-state index contributed by atoms with van der Waals surface area (Å²) < 4.78 is 54.1. The predicted molar refractivity (Wildman–Crippen MR) is 116 cm³/mol. The first-order valence-electron chi connectivity index (χ1n) is 9.79. The monoisotopic (exact) mass is 461 g/mol. The number of ether oxygens (including phenoxy) is 2. The average molecular weight is 462 g/mol. The number of halogens is 4. The van der Waals surface area contributed by atoms with Gasteiger partial charge in [-0.15, -0.1) is 0 Å². The summed E-state index contributed by atoms with van der Waals surface area (Å²) in [7, 11) is 0. The van der Waals surface area contributed by atoms with Crippen molar-refractivity contribution in [3.05, 3.63) is 76.4 Å². The van der Waals surface area contributed by atoms with E-state index in [0.29, 0.717) is 22.0 Å². The van der Waals surface area contributed by atoms with Crippen molar-refractivity contribution in [2.75, 3.05) is 13.2 Å². The Bertz CT molecular complexity index is 1260. The molecule has 9 heteroatoms. The number of alkyl halides is 3. The molecule has 4 aromatic rings. The van der Waals surface area contributed by atoms with Crippen molar-refractivity contribution in [1.82, 2.24) is 14.8 Å². The van der Waals surface area contributed by atoms with E-state index in [1.54, 1.807) is 37.3 Å². The van der Waals surface area contributed by atoms with Crippen LogP contribution >= 0.6 is 11.6 Å². The SMILES string of the molecule is Cc1c(Cl)cccc1-n1nc(C)c2c(C(F)(F)F)cc(OCCOc3ccccc3)nc21. The van der Waals surface area contributed by atoms with Crippen LogP contribution in [0.4, 0.5) is 13.2 Å². The summed E-state index contributed by atoms with van der Waals surface area (Å²) in [5.41, 5.74) is 0.613. The number of para-hydroxylation sites is 1. The second-order valence-electron chi connectivity index (χ2n) is 7.10. The van der Waals surface area contributed by atoms with Gasteiger partial charge in [0.15, 0.2) is 5.65 Å². The summed E-state index contributed by atoms with van der Waals surface area (Å²) >= 11 is 6.21. The summed E-state index contributed by atoms with van der Waals surface area (Å²) in [6.45, 7) is 3.46. The van der Waals surface area contributed by atoms with E-state index in [-0.39, 0.29) is 35.8 Å². The lowest BCUT2D eigenvalue weighted by Crippen LogP contribution is -2.12. The van der Waals surface area contributed by atoms with Gasteiger partial charge in [-0.25, -0.2) is 4.68 Å². The highest BCUT2D eigenvalue weighted by Gasteiger charge is 2.36. The molecular formula is C23H19ClF3N3O2. The van der Waals surface area contributed by atoms with E-state index in [0.717, 1.165) is 6.07 Å². The maximum atomic E-state index is 13.9. The van der Waals surface area contributed by atoms with Crippen molar-refractivity contribution in [2.45, 2.75) is 20.0 Å². The summed E-state index contributed by atoms with van der Waals surface area (Å²) in [4.78, 5) is 4.34. The largest absolute Gasteiger partial charge is 0.490 e. The van der Waals surface area contributed by atoms with E-state index in [2.05, 4.69) is 10.1 Å². The van der Waals surface area contributed by atoms with E-state index in [1.165, 1.54) is 11.6 Å². The van der Waals surface area contributed by atoms with Crippen LogP contribution in [0.5, 0.6) is 11.6 Å². The van der Waals surface area contributed by atoms with Gasteiger partial charge >= 0.3 is 6.18 Å². The maximum absolute atomic E-state index is 13.9. The third kappa shape index (κ3) is 4.36. The lowest BCUT2D eigenvalue weighted by molar-refractivity contribution is -0.136. The molecule has 0 amide bonds. The van der Waals surface area contributed by atoms with Crippen LogP contribution in [0, 0.1) is 13.8 Å². The van der Waals surface area contributed by atoms with Crippen LogP contribution in [0.3, 0.4) is 0 Å². The first-order valence-corrected chi connectivity index (χ1v) is 10.2. The van der Waals surface area contributed by atoms with E-state index < -0.39 is 11.7 Å². The third-order valence-corrected chi connectivity index (χ3v) is 5.32. The number of hydrogen-bond donors (Lipinski definition) is 0. The van der Waals surface area contributed by atoms with Crippen LogP contribution in [0.15, 0.2) is 54.6 Å². The fraction of sp³-hybridized carbons (Fsp3) is 0.217. The molecular weight excluding hydrogens is 443 g/mol. The van der Waals surface area contributed by atoms with Gasteiger partial charge in [0.25, 0.3) is 0 Å². The van der Waals surface area contributed by atoms with Gasteiger partial charge in [0, 0.05) is 11.1 Å². The number of aromatic nitrogens is 3. The van der Waals surface area contributed by atoms with Crippen LogP contribution in [0.25, 0.3) is 16.7 Å². The van der Waals surface area contributed by atoms with Gasteiger partial charge in [-0.1, -0.05) is 35.9 Å². The standard InChI is InChI=1S/C23H19ClF3N3O2/c1-14-18(24)9-6-10-19(14)30-22-21(15(2)29-30)17(23(25,26)27)13-20(28-22)32-12-11-31-16-7-4-3-5-8-16/h3-10,13H,11-12H2,1-2H3. The second kappa shape index (κ2) is 8.70. The average Bonchev–Trinajstić information content (AvgIpc) is 3.09. The molecule has 2 aromatic heterocycles. The first kappa shape index (κ1) is 22.0. The fourth-order valence-corrected chi connectivity index (χ4v) is 3.55. The van der Waals surface area contributed by atoms with Crippen molar-refractivity contribution in [3.8, 4) is 17.3 Å². The van der Waals surface area contributed by atoms with Gasteiger partial charge in [-0.3, -0.25) is 0 Å². The molecule has 5 nitrogen and oxygen atoms in total. The normalized spacial score (nSPS) is 11.7. The van der Waals surface area contributed by atoms with Crippen molar-refractivity contribution in [1.29, 1.82) is 0 Å². The van der Waals surface area contributed by atoms with Crippen molar-refractivity contribution < 1.29 is 22.6 Å². The molecule has 0 bridgehead atoms. The molecule has 0 N–H and O–H groups in total. The molecule has 0 unspecified atom stereocenters. The lowest BCUT2D eigenvalue weighted by Gasteiger charge is -2.13. The predicted octanol–water partition coefficient (Wildman–Crippen LogP) is 6.17. The minimum Gasteiger partial charge on any atom is -0.490 e. The minimum absolute atomic E-state index is 0.0218. The Kier molecular flexibility index (Phi) is 5.97. The molecule has 0 aliphatic carbocycles. The van der Waals surface area contributed by atoms with Gasteiger partial charge in [0.05, 0.1) is 22.3 Å². The Morgan fingerprint density at radius 1 is 0.969 bits per heavy atom. The second-order valence-corrected chi connectivity index (χ2v) is 7.50. The lowest BCUT2D eigenvalue weighted by atomic mass is 10.1. The van der Waals surface area contributed by atoms with Crippen molar-refractivity contribution in [2.24, 2.45) is 0 Å². The number of pyridine rings is 1. The van der Waals surface area contributed by atoms with Gasteiger partial charge < -0.3 is 9.47 Å². The summed E-state index contributed by atoms with van der Waals surface area (Å²) in [6, 6.07) is 15.1. The van der Waals surface area contributed by atoms with Crippen LogP contribution in [0.2, 0.25) is 5.02 Å². The first-order chi connectivity index (χ1) is 15.3. The molecule has 0 atom stereocenters. The number of benzene rings is 2. The topological polar surface area (TPSA) is 49.2 Å². The Morgan fingerprint density at radius 3 is 2.41 bits per heavy atom. The van der Waals surface area contributed by atoms with Gasteiger partial charge in [-0.05, 0) is 43.7 Å². The minimum atomic E-state index is -4.61. The molecule has 0 aliphatic rings. The van der Waals surface area contributed by atoms with E-state index >= 15 is 0 Å². The Hall–Kier alpha value is -3.26. The Morgan fingerprint density at radius 2 is 1.69 bits per heavy atom. The third-order valence-electron chi connectivity index (χ3n) is 4.91. The van der Waals surface area contributed by atoms with Crippen molar-refractivity contribution in [3.63, 3.8) is 0 Å². The molecule has 2 aromatic carbocycles. The number of hydrogen-bond acceptors (Lipinski definition) is 4. The van der Waals surface area contributed by atoms with Crippen LogP contribution in [0.1, 0.15) is 16.8 Å². The van der Waals surface area contributed by atoms with Crippen LogP contribution in [-0.4, -0.2) is 28.0 Å². The van der Waals surface area contributed by atoms with Gasteiger partial charge in [0.2, 0.25) is 5.88 Å². The molecule has 32 heavy (non-hydrogen) atoms. The summed E-state index contributed by atoms with van der Waals surface area (Å²) in [6.07, 6.45) is -4.61. The zero-order valence-electron chi connectivity index (χ0n) is 17.3. The molecule has 0 aliphatic heterocycles. The Labute approximate surface area is 187 Å². The highest BCUT2D eigenvalue weighted by Crippen LogP contribution is 2.38. The fourth-order valence-electron chi connectivity index (χ4n) is 3.38. The molecule has 0 fully saturated rings. The molecule has 0 saturated heterocycles. The van der Waals surface area contributed by atoms with Gasteiger partial charge in [0.1, 0.15) is 19.0 Å². The number of aryl methyl sites for hydroxylation is 1. The molecule has 0 radical (unpaired) electrons. The molecule has 4 rings (SSSR count). The highest BCUT2D eigenvalue weighted by molar-refractivity contribution is 6.31. The smallest absolute Gasteiger partial charge is 0.417 e. The van der Waals surface area contributed by atoms with Crippen molar-refractivity contribution >= 4 is 22.6 Å². The number of nitrogens with zero attached hydrogens (tertiary/aromatic N) is 3. The zero-order valence-corrected chi connectivity index (χ0v) is 18.0. The van der Waals surface area contributed by atoms with Gasteiger partial charge in [-0.2, -0.15) is 23.3 Å². The van der Waals surface area contributed by atoms with E-state index in [1.807, 2.05) is 18.2 Å². The molecule has 0 spiro atoms. The van der Waals surface area contributed by atoms with E-state index in [4.69, 9.17) is 21.1 Å². The molecule has 0 saturated carbocycles. The van der Waals surface area contributed by atoms with Crippen LogP contribution < -0.4 is 9.47 Å². The number of fused-ring (bicyclic) bond motifs is 1. The highest BCUT2D eigenvalue weighted by atomic mass is 35.5. The summed E-state index contributed by atoms with van der Waals surface area (Å²) in [5.74, 6) is 0.475. The quantitative estimate of drug-likeness (QED) is 0.322. The molecule has 2 heterocycles. The molecule has 166 valence electrons. The number of rotatable bonds is 6. The summed E-state index contributed by atoms with van der Waals surface area (Å²) in [5, 5.41) is 4.73.